The second-order valence-electron chi connectivity index (χ2n) is 2.86. The van der Waals surface area contributed by atoms with E-state index in [9.17, 15) is 4.79 Å². The molecule has 1 atom stereocenters. The highest BCUT2D eigenvalue weighted by molar-refractivity contribution is 5.69. The van der Waals surface area contributed by atoms with Gasteiger partial charge in [0.1, 0.15) is 6.10 Å². The van der Waals surface area contributed by atoms with E-state index in [0.29, 0.717) is 13.0 Å². The number of rotatable bonds is 6. The molecule has 0 fully saturated rings. The van der Waals surface area contributed by atoms with Crippen LogP contribution >= 0.6 is 0 Å². The Hall–Kier alpha value is -0.570. The molecule has 0 aromatic carbocycles. The Morgan fingerprint density at radius 1 is 1.50 bits per heavy atom. The van der Waals surface area contributed by atoms with Crippen LogP contribution in [0.5, 0.6) is 0 Å². The number of methoxy groups -OCH3 is 1. The minimum atomic E-state index is -0.126. The summed E-state index contributed by atoms with van der Waals surface area (Å²) < 4.78 is 9.86. The van der Waals surface area contributed by atoms with Crippen molar-refractivity contribution >= 4 is 5.97 Å². The first-order chi connectivity index (χ1) is 5.70. The lowest BCUT2D eigenvalue weighted by molar-refractivity contribution is -0.150. The van der Waals surface area contributed by atoms with Gasteiger partial charge in [-0.05, 0) is 13.3 Å². The summed E-state index contributed by atoms with van der Waals surface area (Å²) in [6, 6.07) is 0. The molecule has 0 aliphatic carbocycles. The molecule has 0 rings (SSSR count). The zero-order valence-electron chi connectivity index (χ0n) is 8.13. The number of ether oxygens (including phenoxy) is 2. The van der Waals surface area contributed by atoms with E-state index in [1.165, 1.54) is 0 Å². The Labute approximate surface area is 74.0 Å². The van der Waals surface area contributed by atoms with Gasteiger partial charge in [0.05, 0.1) is 6.61 Å². The summed E-state index contributed by atoms with van der Waals surface area (Å²) >= 11 is 0. The standard InChI is InChI=1S/C9H18O3/c1-4-5-6-9(10)12-8(2)7-11-3/h8H,4-7H2,1-3H3/t8-/m1/s1. The van der Waals surface area contributed by atoms with Gasteiger partial charge in [0.25, 0.3) is 0 Å². The van der Waals surface area contributed by atoms with E-state index in [0.717, 1.165) is 12.8 Å². The maximum absolute atomic E-state index is 11.0. The van der Waals surface area contributed by atoms with Crippen molar-refractivity contribution < 1.29 is 14.3 Å². The monoisotopic (exact) mass is 174 g/mol. The third-order valence-electron chi connectivity index (χ3n) is 1.47. The van der Waals surface area contributed by atoms with Crippen molar-refractivity contribution in [2.45, 2.75) is 39.2 Å². The summed E-state index contributed by atoms with van der Waals surface area (Å²) in [5.74, 6) is -0.124. The molecule has 3 nitrogen and oxygen atoms in total. The lowest BCUT2D eigenvalue weighted by atomic mass is 10.2. The highest BCUT2D eigenvalue weighted by Gasteiger charge is 2.07. The molecule has 3 heteroatoms. The molecule has 0 aliphatic heterocycles. The average molecular weight is 174 g/mol. The van der Waals surface area contributed by atoms with E-state index in [1.807, 2.05) is 13.8 Å². The highest BCUT2D eigenvalue weighted by atomic mass is 16.6. The molecule has 0 aromatic rings. The highest BCUT2D eigenvalue weighted by Crippen LogP contribution is 1.99. The van der Waals surface area contributed by atoms with E-state index in [1.54, 1.807) is 7.11 Å². The number of hydrogen-bond donors (Lipinski definition) is 0. The Morgan fingerprint density at radius 2 is 2.17 bits per heavy atom. The fraction of sp³-hybridized carbons (Fsp3) is 0.889. The van der Waals surface area contributed by atoms with Crippen molar-refractivity contribution in [3.8, 4) is 0 Å². The van der Waals surface area contributed by atoms with E-state index >= 15 is 0 Å². The van der Waals surface area contributed by atoms with Crippen LogP contribution in [0.3, 0.4) is 0 Å². The van der Waals surface area contributed by atoms with Gasteiger partial charge in [0.2, 0.25) is 0 Å². The van der Waals surface area contributed by atoms with Crippen LogP contribution in [0.2, 0.25) is 0 Å². The Bertz CT molecular complexity index is 123. The molecule has 0 aromatic heterocycles. The predicted molar refractivity (Wildman–Crippen MR) is 47.0 cm³/mol. The third kappa shape index (κ3) is 6.16. The lowest BCUT2D eigenvalue weighted by Crippen LogP contribution is -2.19. The zero-order chi connectivity index (χ0) is 9.40. The van der Waals surface area contributed by atoms with Crippen LogP contribution in [-0.2, 0) is 14.3 Å². The van der Waals surface area contributed by atoms with Crippen LogP contribution < -0.4 is 0 Å². The van der Waals surface area contributed by atoms with E-state index in [4.69, 9.17) is 9.47 Å². The normalized spacial score (nSPS) is 12.6. The minimum Gasteiger partial charge on any atom is -0.460 e. The number of esters is 1. The van der Waals surface area contributed by atoms with Gasteiger partial charge in [-0.1, -0.05) is 13.3 Å². The molecule has 0 saturated heterocycles. The molecule has 72 valence electrons. The third-order valence-corrected chi connectivity index (χ3v) is 1.47. The van der Waals surface area contributed by atoms with Gasteiger partial charge >= 0.3 is 5.97 Å². The number of unbranched alkanes of at least 4 members (excludes halogenated alkanes) is 1. The SMILES string of the molecule is CCCCC(=O)O[C@H](C)COC. The second kappa shape index (κ2) is 7.10. The molecular formula is C9H18O3. The quantitative estimate of drug-likeness (QED) is 0.575. The lowest BCUT2D eigenvalue weighted by Gasteiger charge is -2.11. The molecule has 0 aliphatic rings. The van der Waals surface area contributed by atoms with Gasteiger partial charge in [-0.3, -0.25) is 4.79 Å². The van der Waals surface area contributed by atoms with Crippen molar-refractivity contribution in [2.24, 2.45) is 0 Å². The Balaban J connectivity index is 3.40. The summed E-state index contributed by atoms with van der Waals surface area (Å²) in [7, 11) is 1.59. The Morgan fingerprint density at radius 3 is 2.67 bits per heavy atom. The maximum atomic E-state index is 11.0. The van der Waals surface area contributed by atoms with Gasteiger partial charge in [-0.2, -0.15) is 0 Å². The molecule has 0 spiro atoms. The first kappa shape index (κ1) is 11.4. The van der Waals surface area contributed by atoms with Crippen molar-refractivity contribution in [1.82, 2.24) is 0 Å². The topological polar surface area (TPSA) is 35.5 Å². The molecule has 0 radical (unpaired) electrons. The fourth-order valence-electron chi connectivity index (χ4n) is 0.873. The molecule has 0 heterocycles. The summed E-state index contributed by atoms with van der Waals surface area (Å²) in [5.41, 5.74) is 0. The van der Waals surface area contributed by atoms with Crippen molar-refractivity contribution in [3.63, 3.8) is 0 Å². The van der Waals surface area contributed by atoms with Crippen LogP contribution in [0.15, 0.2) is 0 Å². The molecule has 0 bridgehead atoms. The first-order valence-electron chi connectivity index (χ1n) is 4.39. The van der Waals surface area contributed by atoms with Crippen molar-refractivity contribution in [2.75, 3.05) is 13.7 Å². The molecule has 0 amide bonds. The van der Waals surface area contributed by atoms with Gasteiger partial charge < -0.3 is 9.47 Å². The predicted octanol–water partition coefficient (Wildman–Crippen LogP) is 1.75. The number of carbonyl (C=O) groups excluding carboxylic acids is 1. The molecular weight excluding hydrogens is 156 g/mol. The maximum Gasteiger partial charge on any atom is 0.306 e. The van der Waals surface area contributed by atoms with Crippen LogP contribution in [0.4, 0.5) is 0 Å². The van der Waals surface area contributed by atoms with Crippen LogP contribution in [-0.4, -0.2) is 25.8 Å². The largest absolute Gasteiger partial charge is 0.460 e. The van der Waals surface area contributed by atoms with Crippen LogP contribution in [0, 0.1) is 0 Å². The number of carbonyl (C=O) groups is 1. The summed E-state index contributed by atoms with van der Waals surface area (Å²) in [6.45, 7) is 4.34. The molecule has 12 heavy (non-hydrogen) atoms. The Kier molecular flexibility index (Phi) is 6.76. The summed E-state index contributed by atoms with van der Waals surface area (Å²) in [5, 5.41) is 0. The van der Waals surface area contributed by atoms with Gasteiger partial charge in [-0.25, -0.2) is 0 Å². The van der Waals surface area contributed by atoms with Crippen LogP contribution in [0.1, 0.15) is 33.1 Å². The van der Waals surface area contributed by atoms with Gasteiger partial charge in [0.15, 0.2) is 0 Å². The summed E-state index contributed by atoms with van der Waals surface area (Å²) in [4.78, 5) is 11.0. The van der Waals surface area contributed by atoms with E-state index < -0.39 is 0 Å². The van der Waals surface area contributed by atoms with Gasteiger partial charge in [-0.15, -0.1) is 0 Å². The van der Waals surface area contributed by atoms with Crippen LogP contribution in [0.25, 0.3) is 0 Å². The smallest absolute Gasteiger partial charge is 0.306 e. The van der Waals surface area contributed by atoms with E-state index in [2.05, 4.69) is 0 Å². The average Bonchev–Trinajstić information content (AvgIpc) is 2.01. The zero-order valence-corrected chi connectivity index (χ0v) is 8.13. The van der Waals surface area contributed by atoms with E-state index in [-0.39, 0.29) is 12.1 Å². The minimum absolute atomic E-state index is 0.124. The first-order valence-corrected chi connectivity index (χ1v) is 4.39. The fourth-order valence-corrected chi connectivity index (χ4v) is 0.873. The molecule has 0 saturated carbocycles. The van der Waals surface area contributed by atoms with Gasteiger partial charge in [0, 0.05) is 13.5 Å². The van der Waals surface area contributed by atoms with Crippen molar-refractivity contribution in [1.29, 1.82) is 0 Å². The molecule has 0 unspecified atom stereocenters. The van der Waals surface area contributed by atoms with Crippen molar-refractivity contribution in [3.05, 3.63) is 0 Å². The summed E-state index contributed by atoms with van der Waals surface area (Å²) in [6.07, 6.45) is 2.32. The number of hydrogen-bond acceptors (Lipinski definition) is 3. The second-order valence-corrected chi connectivity index (χ2v) is 2.86. The molecule has 0 N–H and O–H groups in total.